The number of aromatic nitrogens is 1. The maximum atomic E-state index is 13.6. The van der Waals surface area contributed by atoms with Gasteiger partial charge in [0.05, 0.1) is 5.52 Å². The van der Waals surface area contributed by atoms with Gasteiger partial charge >= 0.3 is 0 Å². The van der Waals surface area contributed by atoms with Crippen LogP contribution in [0.4, 0.5) is 10.2 Å². The Labute approximate surface area is 107 Å². The minimum absolute atomic E-state index is 0.199. The lowest BCUT2D eigenvalue weighted by atomic mass is 10.0. The molecular weight excluding hydrogens is 227 g/mol. The summed E-state index contributed by atoms with van der Waals surface area (Å²) in [6.07, 6.45) is 0. The van der Waals surface area contributed by atoms with Gasteiger partial charge in [0.25, 0.3) is 0 Å². The van der Waals surface area contributed by atoms with Crippen molar-refractivity contribution in [3.05, 3.63) is 35.1 Å². The molecule has 2 aromatic rings. The molecule has 0 radical (unpaired) electrons. The van der Waals surface area contributed by atoms with Gasteiger partial charge in [0.15, 0.2) is 0 Å². The highest BCUT2D eigenvalue weighted by Crippen LogP contribution is 2.28. The summed E-state index contributed by atoms with van der Waals surface area (Å²) in [6, 6.07) is 5.48. The lowest BCUT2D eigenvalue weighted by Gasteiger charge is -2.14. The first-order chi connectivity index (χ1) is 8.52. The van der Waals surface area contributed by atoms with E-state index in [0.29, 0.717) is 17.0 Å². The van der Waals surface area contributed by atoms with E-state index in [-0.39, 0.29) is 5.82 Å². The van der Waals surface area contributed by atoms with Crippen molar-refractivity contribution in [1.82, 2.24) is 4.98 Å². The van der Waals surface area contributed by atoms with Crippen molar-refractivity contribution >= 4 is 16.7 Å². The van der Waals surface area contributed by atoms with Crippen LogP contribution in [0.15, 0.2) is 18.2 Å². The van der Waals surface area contributed by atoms with Gasteiger partial charge < -0.3 is 5.32 Å². The summed E-state index contributed by atoms with van der Waals surface area (Å²) in [5, 5.41) is 4.25. The van der Waals surface area contributed by atoms with Crippen LogP contribution < -0.4 is 5.32 Å². The molecule has 1 aromatic carbocycles. The summed E-state index contributed by atoms with van der Waals surface area (Å²) in [4.78, 5) is 4.54. The Morgan fingerprint density at radius 1 is 1.28 bits per heavy atom. The number of pyridine rings is 1. The van der Waals surface area contributed by atoms with Gasteiger partial charge in [0.1, 0.15) is 11.6 Å². The lowest BCUT2D eigenvalue weighted by Crippen LogP contribution is -2.05. The highest BCUT2D eigenvalue weighted by atomic mass is 19.1. The van der Waals surface area contributed by atoms with Gasteiger partial charge in [0, 0.05) is 18.0 Å². The van der Waals surface area contributed by atoms with Crippen molar-refractivity contribution < 1.29 is 4.39 Å². The van der Waals surface area contributed by atoms with Gasteiger partial charge in [-0.05, 0) is 43.0 Å². The van der Waals surface area contributed by atoms with E-state index >= 15 is 0 Å². The number of nitrogens with one attached hydrogen (secondary N) is 1. The molecule has 0 aliphatic heterocycles. The smallest absolute Gasteiger partial charge is 0.130 e. The van der Waals surface area contributed by atoms with Gasteiger partial charge in [-0.1, -0.05) is 13.8 Å². The molecule has 0 saturated heterocycles. The molecule has 0 fully saturated rings. The molecule has 0 amide bonds. The van der Waals surface area contributed by atoms with E-state index in [1.165, 1.54) is 11.6 Å². The van der Waals surface area contributed by atoms with Crippen molar-refractivity contribution in [2.24, 2.45) is 0 Å². The van der Waals surface area contributed by atoms with E-state index in [1.54, 1.807) is 6.92 Å². The molecule has 0 aliphatic carbocycles. The standard InChI is InChI=1S/C15H19FN2/c1-5-17-15-12(9(2)3)7-11-6-10(4)13(16)8-14(11)18-15/h6-9H,5H2,1-4H3,(H,17,18). The number of aryl methyl sites for hydroxylation is 1. The van der Waals surface area contributed by atoms with E-state index in [4.69, 9.17) is 0 Å². The zero-order chi connectivity index (χ0) is 13.3. The van der Waals surface area contributed by atoms with Crippen LogP contribution in [0.25, 0.3) is 10.9 Å². The van der Waals surface area contributed by atoms with Crippen LogP contribution in [0.5, 0.6) is 0 Å². The zero-order valence-corrected chi connectivity index (χ0v) is 11.3. The molecule has 0 bridgehead atoms. The Hall–Kier alpha value is -1.64. The summed E-state index contributed by atoms with van der Waals surface area (Å²) in [7, 11) is 0. The van der Waals surface area contributed by atoms with Crippen LogP contribution in [0.1, 0.15) is 37.8 Å². The average Bonchev–Trinajstić information content (AvgIpc) is 2.30. The maximum absolute atomic E-state index is 13.6. The summed E-state index contributed by atoms with van der Waals surface area (Å²) in [5.41, 5.74) is 2.55. The second-order valence-corrected chi connectivity index (χ2v) is 4.91. The fraction of sp³-hybridized carbons (Fsp3) is 0.400. The van der Waals surface area contributed by atoms with Crippen LogP contribution in [0.3, 0.4) is 0 Å². The van der Waals surface area contributed by atoms with Gasteiger partial charge in [0.2, 0.25) is 0 Å². The molecule has 0 spiro atoms. The first-order valence-corrected chi connectivity index (χ1v) is 6.37. The van der Waals surface area contributed by atoms with E-state index in [0.717, 1.165) is 17.7 Å². The van der Waals surface area contributed by atoms with Crippen LogP contribution >= 0.6 is 0 Å². The number of halogens is 1. The normalized spacial score (nSPS) is 11.2. The topological polar surface area (TPSA) is 24.9 Å². The van der Waals surface area contributed by atoms with Gasteiger partial charge in [-0.25, -0.2) is 9.37 Å². The van der Waals surface area contributed by atoms with Crippen molar-refractivity contribution in [1.29, 1.82) is 0 Å². The number of nitrogens with zero attached hydrogens (tertiary/aromatic N) is 1. The SMILES string of the molecule is CCNc1nc2cc(F)c(C)cc2cc1C(C)C. The highest BCUT2D eigenvalue weighted by Gasteiger charge is 2.11. The third-order valence-corrected chi connectivity index (χ3v) is 3.09. The molecule has 0 aliphatic rings. The van der Waals surface area contributed by atoms with Crippen molar-refractivity contribution in [3.8, 4) is 0 Å². The van der Waals surface area contributed by atoms with E-state index in [2.05, 4.69) is 30.2 Å². The largest absolute Gasteiger partial charge is 0.370 e. The number of benzene rings is 1. The predicted octanol–water partition coefficient (Wildman–Crippen LogP) is 4.24. The predicted molar refractivity (Wildman–Crippen MR) is 74.7 cm³/mol. The summed E-state index contributed by atoms with van der Waals surface area (Å²) in [5.74, 6) is 1.05. The molecule has 0 unspecified atom stereocenters. The van der Waals surface area contributed by atoms with Crippen molar-refractivity contribution in [2.75, 3.05) is 11.9 Å². The number of hydrogen-bond acceptors (Lipinski definition) is 2. The number of anilines is 1. The fourth-order valence-corrected chi connectivity index (χ4v) is 2.08. The molecule has 1 aromatic heterocycles. The molecular formula is C15H19FN2. The van der Waals surface area contributed by atoms with Gasteiger partial charge in [-0.2, -0.15) is 0 Å². The molecule has 1 N–H and O–H groups in total. The fourth-order valence-electron chi connectivity index (χ4n) is 2.08. The molecule has 2 nitrogen and oxygen atoms in total. The summed E-state index contributed by atoms with van der Waals surface area (Å²) in [6.45, 7) is 8.90. The first kappa shape index (κ1) is 12.8. The third-order valence-electron chi connectivity index (χ3n) is 3.09. The Balaban J connectivity index is 2.68. The molecule has 96 valence electrons. The minimum atomic E-state index is -0.199. The van der Waals surface area contributed by atoms with Crippen LogP contribution in [-0.2, 0) is 0 Å². The third kappa shape index (κ3) is 2.30. The monoisotopic (exact) mass is 246 g/mol. The van der Waals surface area contributed by atoms with E-state index in [9.17, 15) is 4.39 Å². The second-order valence-electron chi connectivity index (χ2n) is 4.91. The molecule has 0 atom stereocenters. The molecule has 18 heavy (non-hydrogen) atoms. The van der Waals surface area contributed by atoms with E-state index < -0.39 is 0 Å². The quantitative estimate of drug-likeness (QED) is 0.876. The van der Waals surface area contributed by atoms with Crippen LogP contribution in [-0.4, -0.2) is 11.5 Å². The number of hydrogen-bond donors (Lipinski definition) is 1. The Kier molecular flexibility index (Phi) is 3.50. The molecule has 3 heteroatoms. The second kappa shape index (κ2) is 4.92. The van der Waals surface area contributed by atoms with Crippen LogP contribution in [0.2, 0.25) is 0 Å². The first-order valence-electron chi connectivity index (χ1n) is 6.37. The highest BCUT2D eigenvalue weighted by molar-refractivity contribution is 5.82. The Morgan fingerprint density at radius 3 is 2.61 bits per heavy atom. The molecule has 1 heterocycles. The lowest BCUT2D eigenvalue weighted by molar-refractivity contribution is 0.620. The Bertz CT molecular complexity index is 576. The average molecular weight is 246 g/mol. The van der Waals surface area contributed by atoms with Crippen LogP contribution in [0, 0.1) is 12.7 Å². The summed E-state index contributed by atoms with van der Waals surface area (Å²) < 4.78 is 13.6. The van der Waals surface area contributed by atoms with Crippen molar-refractivity contribution in [2.45, 2.75) is 33.6 Å². The number of fused-ring (bicyclic) bond motifs is 1. The van der Waals surface area contributed by atoms with Crippen molar-refractivity contribution in [3.63, 3.8) is 0 Å². The minimum Gasteiger partial charge on any atom is -0.370 e. The van der Waals surface area contributed by atoms with Gasteiger partial charge in [-0.15, -0.1) is 0 Å². The Morgan fingerprint density at radius 2 is 2.00 bits per heavy atom. The zero-order valence-electron chi connectivity index (χ0n) is 11.3. The maximum Gasteiger partial charge on any atom is 0.130 e. The van der Waals surface area contributed by atoms with E-state index in [1.807, 2.05) is 13.0 Å². The van der Waals surface area contributed by atoms with Gasteiger partial charge in [-0.3, -0.25) is 0 Å². The molecule has 2 rings (SSSR count). The molecule has 0 saturated carbocycles. The summed E-state index contributed by atoms with van der Waals surface area (Å²) >= 11 is 0. The number of rotatable bonds is 3.